The first kappa shape index (κ1) is 25.1. The lowest BCUT2D eigenvalue weighted by Gasteiger charge is -2.58. The fourth-order valence-electron chi connectivity index (χ4n) is 6.95. The van der Waals surface area contributed by atoms with Gasteiger partial charge < -0.3 is 4.90 Å². The summed E-state index contributed by atoms with van der Waals surface area (Å²) < 4.78 is 69.0. The highest BCUT2D eigenvalue weighted by molar-refractivity contribution is 6.30. The van der Waals surface area contributed by atoms with E-state index in [4.69, 9.17) is 11.6 Å². The topological polar surface area (TPSA) is 63.0 Å². The first-order chi connectivity index (χ1) is 18.3. The number of rotatable bonds is 3. The molecule has 7 rings (SSSR count). The largest absolute Gasteiger partial charge is 0.433 e. The molecular weight excluding hydrogens is 541 g/mol. The van der Waals surface area contributed by atoms with Gasteiger partial charge in [0, 0.05) is 60.6 Å². The van der Waals surface area contributed by atoms with Crippen LogP contribution in [0.5, 0.6) is 0 Å². The highest BCUT2D eigenvalue weighted by Gasteiger charge is 2.58. The highest BCUT2D eigenvalue weighted by Crippen LogP contribution is 2.57. The van der Waals surface area contributed by atoms with Crippen molar-refractivity contribution >= 4 is 17.5 Å². The second-order valence-electron chi connectivity index (χ2n) is 11.8. The van der Waals surface area contributed by atoms with Gasteiger partial charge in [-0.25, -0.2) is 18.7 Å². The molecule has 0 atom stereocenters. The number of alkyl halides is 5. The molecule has 7 nitrogen and oxygen atoms in total. The van der Waals surface area contributed by atoms with Crippen LogP contribution in [0.25, 0.3) is 5.69 Å². The molecule has 3 aromatic rings. The molecular formula is C26H25ClF5N7. The van der Waals surface area contributed by atoms with Crippen LogP contribution in [0.1, 0.15) is 61.4 Å². The van der Waals surface area contributed by atoms with Gasteiger partial charge in [-0.05, 0) is 49.6 Å². The zero-order valence-corrected chi connectivity index (χ0v) is 21.8. The van der Waals surface area contributed by atoms with E-state index in [0.29, 0.717) is 37.0 Å². The standard InChI is InChI=1S/C26H25ClF5N7/c1-23(11-25(28,29)12-23)38-9-15-6-17(27)2-3-18(15)39-20(10-38)35-36-21(39)16-7-24(8-16)13-37(14-24)22-33-5-4-19(34-22)26(30,31)32/h2-6,16H,7-14H2,1H3. The summed E-state index contributed by atoms with van der Waals surface area (Å²) in [6.45, 7) is 3.90. The average molecular weight is 566 g/mol. The van der Waals surface area contributed by atoms with Crippen molar-refractivity contribution in [3.63, 3.8) is 0 Å². The van der Waals surface area contributed by atoms with Crippen LogP contribution in [0.4, 0.5) is 27.9 Å². The van der Waals surface area contributed by atoms with E-state index in [1.54, 1.807) is 4.90 Å². The summed E-state index contributed by atoms with van der Waals surface area (Å²) in [5.74, 6) is -0.923. The van der Waals surface area contributed by atoms with Crippen LogP contribution < -0.4 is 4.90 Å². The summed E-state index contributed by atoms with van der Waals surface area (Å²) in [6, 6.07) is 6.49. The van der Waals surface area contributed by atoms with E-state index in [9.17, 15) is 22.0 Å². The number of halogens is 6. The summed E-state index contributed by atoms with van der Waals surface area (Å²) in [5, 5.41) is 9.63. The lowest BCUT2D eigenvalue weighted by molar-refractivity contribution is -0.173. The summed E-state index contributed by atoms with van der Waals surface area (Å²) in [6.07, 6.45) is -2.14. The average Bonchev–Trinajstić information content (AvgIpc) is 3.10. The fraction of sp³-hybridized carbons (Fsp3) is 0.538. The number of fused-ring (bicyclic) bond motifs is 3. The van der Waals surface area contributed by atoms with Crippen LogP contribution in [0.3, 0.4) is 0 Å². The quantitative estimate of drug-likeness (QED) is 0.384. The van der Waals surface area contributed by atoms with Crippen LogP contribution >= 0.6 is 11.6 Å². The van der Waals surface area contributed by atoms with Crippen LogP contribution in [0, 0.1) is 5.41 Å². The van der Waals surface area contributed by atoms with Crippen molar-refractivity contribution in [3.8, 4) is 5.69 Å². The van der Waals surface area contributed by atoms with E-state index in [1.807, 2.05) is 25.1 Å². The molecule has 3 fully saturated rings. The van der Waals surface area contributed by atoms with Crippen molar-refractivity contribution in [1.82, 2.24) is 29.6 Å². The predicted molar refractivity (Wildman–Crippen MR) is 132 cm³/mol. The van der Waals surface area contributed by atoms with Crippen molar-refractivity contribution in [2.45, 2.75) is 69.3 Å². The maximum absolute atomic E-state index is 13.9. The van der Waals surface area contributed by atoms with Gasteiger partial charge in [-0.2, -0.15) is 13.2 Å². The second kappa shape index (κ2) is 8.09. The third-order valence-electron chi connectivity index (χ3n) is 8.77. The number of hydrogen-bond donors (Lipinski definition) is 0. The molecule has 2 aromatic heterocycles. The van der Waals surface area contributed by atoms with Gasteiger partial charge in [0.1, 0.15) is 11.5 Å². The molecule has 2 saturated carbocycles. The SMILES string of the molecule is CC1(N2Cc3cc(Cl)ccc3-n3c(nnc3C3CC4(C3)CN(c3nccc(C(F)(F)F)n3)C4)C2)CC(F)(F)C1. The van der Waals surface area contributed by atoms with Crippen LogP contribution in [-0.4, -0.2) is 54.2 Å². The fourth-order valence-corrected chi connectivity index (χ4v) is 7.14. The van der Waals surface area contributed by atoms with Crippen molar-refractivity contribution in [2.75, 3.05) is 18.0 Å². The zero-order chi connectivity index (χ0) is 27.4. The Morgan fingerprint density at radius 2 is 1.77 bits per heavy atom. The first-order valence-corrected chi connectivity index (χ1v) is 13.2. The lowest BCUT2D eigenvalue weighted by Crippen LogP contribution is -2.62. The lowest BCUT2D eigenvalue weighted by atomic mass is 9.57. The second-order valence-corrected chi connectivity index (χ2v) is 12.3. The molecule has 1 saturated heterocycles. The molecule has 0 radical (unpaired) electrons. The van der Waals surface area contributed by atoms with E-state index >= 15 is 0 Å². The van der Waals surface area contributed by atoms with Crippen LogP contribution in [-0.2, 0) is 19.3 Å². The van der Waals surface area contributed by atoms with Gasteiger partial charge in [0.25, 0.3) is 5.92 Å². The Bertz CT molecular complexity index is 1450. The Balaban J connectivity index is 1.12. The number of nitrogens with zero attached hydrogens (tertiary/aromatic N) is 7. The molecule has 206 valence electrons. The Kier molecular flexibility index (Phi) is 5.21. The minimum atomic E-state index is -4.51. The molecule has 4 aliphatic rings. The van der Waals surface area contributed by atoms with Gasteiger partial charge >= 0.3 is 6.18 Å². The van der Waals surface area contributed by atoms with E-state index in [2.05, 4.69) is 29.6 Å². The number of anilines is 1. The molecule has 1 aromatic carbocycles. The minimum absolute atomic E-state index is 0.0285. The molecule has 0 unspecified atom stereocenters. The maximum atomic E-state index is 13.9. The number of benzene rings is 1. The van der Waals surface area contributed by atoms with Crippen LogP contribution in [0.2, 0.25) is 5.02 Å². The van der Waals surface area contributed by atoms with Gasteiger partial charge in [-0.15, -0.1) is 10.2 Å². The molecule has 0 bridgehead atoms. The van der Waals surface area contributed by atoms with Gasteiger partial charge in [0.15, 0.2) is 5.82 Å². The van der Waals surface area contributed by atoms with E-state index in [-0.39, 0.29) is 30.1 Å². The smallest absolute Gasteiger partial charge is 0.340 e. The molecule has 1 spiro atoms. The normalized spacial score (nSPS) is 23.3. The van der Waals surface area contributed by atoms with Gasteiger partial charge in [-0.1, -0.05) is 11.6 Å². The number of aromatic nitrogens is 5. The summed E-state index contributed by atoms with van der Waals surface area (Å²) in [7, 11) is 0. The van der Waals surface area contributed by atoms with Crippen molar-refractivity contribution < 1.29 is 22.0 Å². The first-order valence-electron chi connectivity index (χ1n) is 12.8. The van der Waals surface area contributed by atoms with Crippen molar-refractivity contribution in [3.05, 3.63) is 58.4 Å². The zero-order valence-electron chi connectivity index (χ0n) is 21.0. The summed E-state index contributed by atoms with van der Waals surface area (Å²) >= 11 is 6.33. The molecule has 4 heterocycles. The van der Waals surface area contributed by atoms with Gasteiger partial charge in [0.2, 0.25) is 5.95 Å². The van der Waals surface area contributed by atoms with Crippen LogP contribution in [0.15, 0.2) is 30.5 Å². The minimum Gasteiger partial charge on any atom is -0.340 e. The Labute approximate surface area is 226 Å². The molecule has 39 heavy (non-hydrogen) atoms. The van der Waals surface area contributed by atoms with E-state index in [1.165, 1.54) is 0 Å². The Morgan fingerprint density at radius 1 is 1.03 bits per heavy atom. The Morgan fingerprint density at radius 3 is 2.46 bits per heavy atom. The third-order valence-corrected chi connectivity index (χ3v) is 9.00. The predicted octanol–water partition coefficient (Wildman–Crippen LogP) is 5.62. The number of hydrogen-bond acceptors (Lipinski definition) is 6. The van der Waals surface area contributed by atoms with Gasteiger partial charge in [0.05, 0.1) is 12.2 Å². The third kappa shape index (κ3) is 4.09. The highest BCUT2D eigenvalue weighted by atomic mass is 35.5. The van der Waals surface area contributed by atoms with Crippen molar-refractivity contribution in [1.29, 1.82) is 0 Å². The van der Waals surface area contributed by atoms with E-state index < -0.39 is 23.3 Å². The molecule has 0 amide bonds. The monoisotopic (exact) mass is 565 g/mol. The molecule has 2 aliphatic carbocycles. The van der Waals surface area contributed by atoms with E-state index in [0.717, 1.165) is 42.2 Å². The molecule has 0 N–H and O–H groups in total. The van der Waals surface area contributed by atoms with Gasteiger partial charge in [-0.3, -0.25) is 9.47 Å². The summed E-state index contributed by atoms with van der Waals surface area (Å²) in [5.41, 5.74) is 0.216. The maximum Gasteiger partial charge on any atom is 0.433 e. The molecule has 13 heteroatoms. The molecule has 2 aliphatic heterocycles. The van der Waals surface area contributed by atoms with Crippen molar-refractivity contribution in [2.24, 2.45) is 5.41 Å². The Hall–Kier alpha value is -2.86. The summed E-state index contributed by atoms with van der Waals surface area (Å²) in [4.78, 5) is 11.6.